The van der Waals surface area contributed by atoms with Gasteiger partial charge in [-0.2, -0.15) is 0 Å². The summed E-state index contributed by atoms with van der Waals surface area (Å²) in [7, 11) is 2.05. The smallest absolute Gasteiger partial charge is 0.322 e. The number of para-hydroxylation sites is 2. The Kier molecular flexibility index (Phi) is 5.29. The number of carbonyl (C=O) groups is 1. The van der Waals surface area contributed by atoms with Gasteiger partial charge in [0.25, 0.3) is 0 Å². The van der Waals surface area contributed by atoms with E-state index in [2.05, 4.69) is 47.6 Å². The molecule has 1 aliphatic rings. The molecular formula is C24H25N3O. The van der Waals surface area contributed by atoms with Gasteiger partial charge in [-0.05, 0) is 35.2 Å². The second kappa shape index (κ2) is 8.17. The van der Waals surface area contributed by atoms with Crippen molar-refractivity contribution in [3.8, 4) is 0 Å². The maximum Gasteiger partial charge on any atom is 0.322 e. The molecule has 0 spiro atoms. The molecule has 0 atom stereocenters. The second-order valence-corrected chi connectivity index (χ2v) is 7.23. The monoisotopic (exact) mass is 371 g/mol. The number of urea groups is 1. The molecule has 3 aromatic carbocycles. The highest BCUT2D eigenvalue weighted by Crippen LogP contribution is 2.27. The summed E-state index contributed by atoms with van der Waals surface area (Å²) in [5, 5.41) is 3.12. The zero-order chi connectivity index (χ0) is 19.3. The van der Waals surface area contributed by atoms with Gasteiger partial charge in [-0.3, -0.25) is 0 Å². The van der Waals surface area contributed by atoms with Gasteiger partial charge >= 0.3 is 6.03 Å². The van der Waals surface area contributed by atoms with Crippen LogP contribution >= 0.6 is 0 Å². The summed E-state index contributed by atoms with van der Waals surface area (Å²) in [5.74, 6) is 0. The van der Waals surface area contributed by atoms with Crippen LogP contribution in [0.15, 0.2) is 78.9 Å². The lowest BCUT2D eigenvalue weighted by Crippen LogP contribution is -2.39. The minimum atomic E-state index is -0.0462. The first kappa shape index (κ1) is 18.1. The van der Waals surface area contributed by atoms with E-state index in [0.717, 1.165) is 30.9 Å². The maximum atomic E-state index is 12.9. The Balaban J connectivity index is 1.47. The summed E-state index contributed by atoms with van der Waals surface area (Å²) >= 11 is 0. The molecule has 4 heteroatoms. The Bertz CT molecular complexity index is 955. The van der Waals surface area contributed by atoms with Crippen molar-refractivity contribution >= 4 is 17.4 Å². The van der Waals surface area contributed by atoms with Gasteiger partial charge in [0.05, 0.1) is 11.4 Å². The van der Waals surface area contributed by atoms with Gasteiger partial charge < -0.3 is 15.1 Å². The molecule has 0 bridgehead atoms. The third-order valence-electron chi connectivity index (χ3n) is 5.24. The van der Waals surface area contributed by atoms with Crippen LogP contribution in [0, 0.1) is 0 Å². The van der Waals surface area contributed by atoms with Crippen molar-refractivity contribution in [2.24, 2.45) is 0 Å². The summed E-state index contributed by atoms with van der Waals surface area (Å²) in [6, 6.07) is 26.6. The van der Waals surface area contributed by atoms with Crippen LogP contribution in [0.4, 0.5) is 16.2 Å². The predicted molar refractivity (Wildman–Crippen MR) is 115 cm³/mol. The standard InChI is InChI=1S/C24H25N3O/c1-26(17-19-9-3-2-4-10-19)23-14-8-7-13-22(23)25-24(28)27-16-15-20-11-5-6-12-21(20)18-27/h2-14H,15-18H2,1H3,(H,25,28). The number of nitrogens with zero attached hydrogens (tertiary/aromatic N) is 2. The number of amides is 2. The van der Waals surface area contributed by atoms with Gasteiger partial charge in [0, 0.05) is 26.7 Å². The third-order valence-corrected chi connectivity index (χ3v) is 5.24. The Morgan fingerprint density at radius 3 is 2.43 bits per heavy atom. The number of rotatable bonds is 4. The number of anilines is 2. The number of hydrogen-bond donors (Lipinski definition) is 1. The topological polar surface area (TPSA) is 35.6 Å². The number of nitrogens with one attached hydrogen (secondary N) is 1. The first-order chi connectivity index (χ1) is 13.7. The van der Waals surface area contributed by atoms with E-state index >= 15 is 0 Å². The second-order valence-electron chi connectivity index (χ2n) is 7.23. The molecule has 28 heavy (non-hydrogen) atoms. The highest BCUT2D eigenvalue weighted by atomic mass is 16.2. The van der Waals surface area contributed by atoms with Gasteiger partial charge in [-0.15, -0.1) is 0 Å². The Morgan fingerprint density at radius 2 is 1.61 bits per heavy atom. The molecule has 0 aromatic heterocycles. The number of carbonyl (C=O) groups excluding carboxylic acids is 1. The van der Waals surface area contributed by atoms with Crippen molar-refractivity contribution < 1.29 is 4.79 Å². The largest absolute Gasteiger partial charge is 0.369 e. The van der Waals surface area contributed by atoms with E-state index in [4.69, 9.17) is 0 Å². The fraction of sp³-hybridized carbons (Fsp3) is 0.208. The lowest BCUT2D eigenvalue weighted by molar-refractivity contribution is 0.206. The number of benzene rings is 3. The van der Waals surface area contributed by atoms with E-state index in [9.17, 15) is 4.79 Å². The van der Waals surface area contributed by atoms with Crippen LogP contribution in [-0.4, -0.2) is 24.5 Å². The molecule has 4 nitrogen and oxygen atoms in total. The minimum absolute atomic E-state index is 0.0462. The zero-order valence-electron chi connectivity index (χ0n) is 16.1. The molecule has 0 fully saturated rings. The molecule has 3 aromatic rings. The first-order valence-electron chi connectivity index (χ1n) is 9.67. The molecule has 1 heterocycles. The average Bonchev–Trinajstić information content (AvgIpc) is 2.74. The molecule has 142 valence electrons. The SMILES string of the molecule is CN(Cc1ccccc1)c1ccccc1NC(=O)N1CCc2ccccc2C1. The third kappa shape index (κ3) is 4.01. The van der Waals surface area contributed by atoms with Crippen LogP contribution in [0.25, 0.3) is 0 Å². The maximum absolute atomic E-state index is 12.9. The van der Waals surface area contributed by atoms with Crippen LogP contribution in [0.5, 0.6) is 0 Å². The van der Waals surface area contributed by atoms with Crippen LogP contribution in [0.1, 0.15) is 16.7 Å². The lowest BCUT2D eigenvalue weighted by atomic mass is 10.0. The Morgan fingerprint density at radius 1 is 0.929 bits per heavy atom. The number of hydrogen-bond acceptors (Lipinski definition) is 2. The fourth-order valence-electron chi connectivity index (χ4n) is 3.72. The van der Waals surface area contributed by atoms with Crippen molar-refractivity contribution in [3.63, 3.8) is 0 Å². The molecule has 4 rings (SSSR count). The summed E-state index contributed by atoms with van der Waals surface area (Å²) in [6.45, 7) is 2.18. The molecule has 2 amide bonds. The molecule has 1 aliphatic heterocycles. The molecule has 0 unspecified atom stereocenters. The summed E-state index contributed by atoms with van der Waals surface area (Å²) in [5.41, 5.74) is 5.66. The van der Waals surface area contributed by atoms with Gasteiger partial charge in [0.1, 0.15) is 0 Å². The number of fused-ring (bicyclic) bond motifs is 1. The summed E-state index contributed by atoms with van der Waals surface area (Å²) in [6.07, 6.45) is 0.902. The summed E-state index contributed by atoms with van der Waals surface area (Å²) in [4.78, 5) is 17.0. The highest BCUT2D eigenvalue weighted by Gasteiger charge is 2.21. The van der Waals surface area contributed by atoms with E-state index in [1.165, 1.54) is 16.7 Å². The first-order valence-corrected chi connectivity index (χ1v) is 9.67. The molecule has 0 saturated carbocycles. The predicted octanol–water partition coefficient (Wildman–Crippen LogP) is 4.91. The average molecular weight is 371 g/mol. The van der Waals surface area contributed by atoms with Gasteiger partial charge in [-0.25, -0.2) is 4.79 Å². The van der Waals surface area contributed by atoms with E-state index in [1.807, 2.05) is 53.4 Å². The fourth-order valence-corrected chi connectivity index (χ4v) is 3.72. The van der Waals surface area contributed by atoms with Crippen molar-refractivity contribution in [3.05, 3.63) is 95.6 Å². The van der Waals surface area contributed by atoms with E-state index in [-0.39, 0.29) is 6.03 Å². The highest BCUT2D eigenvalue weighted by molar-refractivity contribution is 5.93. The lowest BCUT2D eigenvalue weighted by Gasteiger charge is -2.30. The van der Waals surface area contributed by atoms with Gasteiger partial charge in [-0.1, -0.05) is 66.7 Å². The minimum Gasteiger partial charge on any atom is -0.369 e. The van der Waals surface area contributed by atoms with Crippen LogP contribution in [0.2, 0.25) is 0 Å². The van der Waals surface area contributed by atoms with E-state index in [1.54, 1.807) is 0 Å². The zero-order valence-corrected chi connectivity index (χ0v) is 16.1. The molecule has 0 aliphatic carbocycles. The van der Waals surface area contributed by atoms with E-state index < -0.39 is 0 Å². The van der Waals surface area contributed by atoms with E-state index in [0.29, 0.717) is 6.54 Å². The molecule has 0 radical (unpaired) electrons. The quantitative estimate of drug-likeness (QED) is 0.707. The van der Waals surface area contributed by atoms with Crippen molar-refractivity contribution in [2.45, 2.75) is 19.5 Å². The normalized spacial score (nSPS) is 13.0. The van der Waals surface area contributed by atoms with Crippen LogP contribution < -0.4 is 10.2 Å². The van der Waals surface area contributed by atoms with Gasteiger partial charge in [0.2, 0.25) is 0 Å². The van der Waals surface area contributed by atoms with Crippen molar-refractivity contribution in [1.82, 2.24) is 4.90 Å². The van der Waals surface area contributed by atoms with Crippen LogP contribution in [-0.2, 0) is 19.5 Å². The Labute approximate surface area is 166 Å². The summed E-state index contributed by atoms with van der Waals surface area (Å²) < 4.78 is 0. The van der Waals surface area contributed by atoms with Crippen molar-refractivity contribution in [1.29, 1.82) is 0 Å². The molecule has 0 saturated heterocycles. The van der Waals surface area contributed by atoms with Crippen LogP contribution in [0.3, 0.4) is 0 Å². The molecule has 1 N–H and O–H groups in total. The molecular weight excluding hydrogens is 346 g/mol. The Hall–Kier alpha value is -3.27. The van der Waals surface area contributed by atoms with Crippen molar-refractivity contribution in [2.75, 3.05) is 23.8 Å². The van der Waals surface area contributed by atoms with Gasteiger partial charge in [0.15, 0.2) is 0 Å².